The standard InChI is InChI=1S/C19H19FN6O2/c20-13-3-5-14(6-4-13)26-18-15(10-23-26)17-21-7-8-24(17)19(28)25(18)11-16(27)22-9-12-1-2-12/h3-6,10,12H,1-2,7-9,11H2,(H,22,27). The van der Waals surface area contributed by atoms with Crippen molar-refractivity contribution in [2.75, 3.05) is 31.1 Å². The minimum Gasteiger partial charge on any atom is -0.354 e. The second-order valence-corrected chi connectivity index (χ2v) is 7.24. The number of aliphatic imine (C=N–C) groups is 1. The van der Waals surface area contributed by atoms with E-state index in [1.807, 2.05) is 0 Å². The van der Waals surface area contributed by atoms with Crippen LogP contribution < -0.4 is 10.2 Å². The average Bonchev–Trinajstić information content (AvgIpc) is 3.21. The molecule has 1 saturated carbocycles. The summed E-state index contributed by atoms with van der Waals surface area (Å²) in [7, 11) is 0. The van der Waals surface area contributed by atoms with Gasteiger partial charge in [-0.2, -0.15) is 5.10 Å². The van der Waals surface area contributed by atoms with Gasteiger partial charge in [0.2, 0.25) is 5.91 Å². The lowest BCUT2D eigenvalue weighted by molar-refractivity contribution is -0.119. The molecule has 8 nitrogen and oxygen atoms in total. The molecule has 144 valence electrons. The maximum atomic E-state index is 13.3. The molecule has 2 aliphatic heterocycles. The molecule has 0 saturated heterocycles. The summed E-state index contributed by atoms with van der Waals surface area (Å²) < 4.78 is 14.9. The van der Waals surface area contributed by atoms with E-state index in [9.17, 15) is 14.0 Å². The lowest BCUT2D eigenvalue weighted by atomic mass is 10.2. The SMILES string of the molecule is O=C(CN1C(=O)N2CCN=C2c2cnn(-c3ccc(F)cc3)c21)NCC1CC1. The molecular formula is C19H19FN6O2. The fraction of sp³-hybridized carbons (Fsp3) is 0.368. The number of halogens is 1. The lowest BCUT2D eigenvalue weighted by Gasteiger charge is -2.33. The third-order valence-corrected chi connectivity index (χ3v) is 5.20. The Balaban J connectivity index is 1.52. The van der Waals surface area contributed by atoms with E-state index in [0.717, 1.165) is 12.8 Å². The Hall–Kier alpha value is -3.23. The van der Waals surface area contributed by atoms with E-state index in [1.165, 1.54) is 17.0 Å². The smallest absolute Gasteiger partial charge is 0.331 e. The van der Waals surface area contributed by atoms with Gasteiger partial charge in [-0.25, -0.2) is 13.9 Å². The molecule has 1 fully saturated rings. The van der Waals surface area contributed by atoms with E-state index >= 15 is 0 Å². The molecule has 3 heterocycles. The number of nitrogens with zero attached hydrogens (tertiary/aromatic N) is 5. The zero-order valence-electron chi connectivity index (χ0n) is 15.1. The Morgan fingerprint density at radius 1 is 1.25 bits per heavy atom. The highest BCUT2D eigenvalue weighted by molar-refractivity contribution is 6.20. The Labute approximate surface area is 160 Å². The molecule has 1 aromatic carbocycles. The number of urea groups is 1. The summed E-state index contributed by atoms with van der Waals surface area (Å²) in [6.45, 7) is 1.54. The zero-order valence-corrected chi connectivity index (χ0v) is 15.1. The summed E-state index contributed by atoms with van der Waals surface area (Å²) in [4.78, 5) is 33.0. The molecule has 0 bridgehead atoms. The number of amides is 3. The molecule has 28 heavy (non-hydrogen) atoms. The number of anilines is 1. The fourth-order valence-electron chi connectivity index (χ4n) is 3.55. The summed E-state index contributed by atoms with van der Waals surface area (Å²) in [5, 5.41) is 7.30. The first-order valence-corrected chi connectivity index (χ1v) is 9.36. The number of amidine groups is 1. The van der Waals surface area contributed by atoms with Crippen molar-refractivity contribution < 1.29 is 14.0 Å². The van der Waals surface area contributed by atoms with Crippen molar-refractivity contribution in [1.29, 1.82) is 0 Å². The summed E-state index contributed by atoms with van der Waals surface area (Å²) in [5.41, 5.74) is 1.29. The maximum absolute atomic E-state index is 13.3. The fourth-order valence-corrected chi connectivity index (χ4v) is 3.55. The van der Waals surface area contributed by atoms with Crippen LogP contribution in [0.5, 0.6) is 0 Å². The minimum absolute atomic E-state index is 0.102. The predicted octanol–water partition coefficient (Wildman–Crippen LogP) is 1.54. The van der Waals surface area contributed by atoms with Gasteiger partial charge in [0.1, 0.15) is 18.2 Å². The molecule has 0 radical (unpaired) electrons. The predicted molar refractivity (Wildman–Crippen MR) is 100 cm³/mol. The Bertz CT molecular complexity index is 979. The van der Waals surface area contributed by atoms with Gasteiger partial charge in [-0.05, 0) is 43.0 Å². The van der Waals surface area contributed by atoms with Gasteiger partial charge in [-0.3, -0.25) is 19.6 Å². The molecular weight excluding hydrogens is 363 g/mol. The van der Waals surface area contributed by atoms with Crippen LogP contribution in [0.3, 0.4) is 0 Å². The van der Waals surface area contributed by atoms with E-state index in [4.69, 9.17) is 0 Å². The first-order chi connectivity index (χ1) is 13.6. The van der Waals surface area contributed by atoms with Crippen LogP contribution in [0.4, 0.5) is 15.0 Å². The normalized spacial score (nSPS) is 18.0. The molecule has 2 aromatic rings. The molecule has 1 aliphatic carbocycles. The summed E-state index contributed by atoms with van der Waals surface area (Å²) in [6, 6.07) is 5.54. The number of hydrogen-bond donors (Lipinski definition) is 1. The van der Waals surface area contributed by atoms with Crippen molar-refractivity contribution in [3.8, 4) is 5.69 Å². The minimum atomic E-state index is -0.358. The highest BCUT2D eigenvalue weighted by atomic mass is 19.1. The maximum Gasteiger partial charge on any atom is 0.331 e. The van der Waals surface area contributed by atoms with Crippen LogP contribution in [-0.2, 0) is 4.79 Å². The molecule has 5 rings (SSSR count). The van der Waals surface area contributed by atoms with Crippen LogP contribution in [0, 0.1) is 11.7 Å². The van der Waals surface area contributed by atoms with Crippen molar-refractivity contribution in [1.82, 2.24) is 20.0 Å². The highest BCUT2D eigenvalue weighted by Crippen LogP contribution is 2.33. The number of carbonyl (C=O) groups is 2. The van der Waals surface area contributed by atoms with E-state index in [-0.39, 0.29) is 24.3 Å². The van der Waals surface area contributed by atoms with E-state index < -0.39 is 0 Å². The molecule has 0 unspecified atom stereocenters. The highest BCUT2D eigenvalue weighted by Gasteiger charge is 2.41. The van der Waals surface area contributed by atoms with Crippen molar-refractivity contribution >= 4 is 23.6 Å². The molecule has 1 N–H and O–H groups in total. The number of benzene rings is 1. The van der Waals surface area contributed by atoms with Gasteiger partial charge >= 0.3 is 6.03 Å². The first-order valence-electron chi connectivity index (χ1n) is 9.36. The second kappa shape index (κ2) is 6.43. The summed E-state index contributed by atoms with van der Waals surface area (Å²) >= 11 is 0. The lowest BCUT2D eigenvalue weighted by Crippen LogP contribution is -2.53. The molecule has 3 amide bonds. The van der Waals surface area contributed by atoms with Crippen LogP contribution in [0.2, 0.25) is 0 Å². The van der Waals surface area contributed by atoms with Crippen LogP contribution in [-0.4, -0.2) is 58.6 Å². The first kappa shape index (κ1) is 16.9. The number of hydrogen-bond acceptors (Lipinski definition) is 4. The Morgan fingerprint density at radius 2 is 2.04 bits per heavy atom. The third kappa shape index (κ3) is 2.83. The number of fused-ring (bicyclic) bond motifs is 3. The largest absolute Gasteiger partial charge is 0.354 e. The van der Waals surface area contributed by atoms with Crippen LogP contribution in [0.1, 0.15) is 18.4 Å². The van der Waals surface area contributed by atoms with Gasteiger partial charge in [-0.1, -0.05) is 0 Å². The topological polar surface area (TPSA) is 82.8 Å². The van der Waals surface area contributed by atoms with Crippen LogP contribution in [0.25, 0.3) is 5.69 Å². The summed E-state index contributed by atoms with van der Waals surface area (Å²) in [5.74, 6) is 1.04. The van der Waals surface area contributed by atoms with Crippen molar-refractivity contribution in [2.24, 2.45) is 10.9 Å². The monoisotopic (exact) mass is 382 g/mol. The molecule has 9 heteroatoms. The van der Waals surface area contributed by atoms with Crippen LogP contribution in [0.15, 0.2) is 35.5 Å². The number of nitrogens with one attached hydrogen (secondary N) is 1. The van der Waals surface area contributed by atoms with E-state index in [1.54, 1.807) is 27.9 Å². The van der Waals surface area contributed by atoms with Gasteiger partial charge in [0.25, 0.3) is 0 Å². The third-order valence-electron chi connectivity index (χ3n) is 5.20. The number of aromatic nitrogens is 2. The average molecular weight is 382 g/mol. The van der Waals surface area contributed by atoms with Crippen molar-refractivity contribution in [3.63, 3.8) is 0 Å². The number of rotatable bonds is 5. The summed E-state index contributed by atoms with van der Waals surface area (Å²) in [6.07, 6.45) is 3.91. The van der Waals surface area contributed by atoms with Gasteiger partial charge in [-0.15, -0.1) is 0 Å². The van der Waals surface area contributed by atoms with Gasteiger partial charge in [0.05, 0.1) is 24.0 Å². The van der Waals surface area contributed by atoms with Crippen LogP contribution >= 0.6 is 0 Å². The van der Waals surface area contributed by atoms with E-state index in [0.29, 0.717) is 48.5 Å². The molecule has 0 spiro atoms. The van der Waals surface area contributed by atoms with Gasteiger partial charge in [0.15, 0.2) is 5.82 Å². The van der Waals surface area contributed by atoms with E-state index in [2.05, 4.69) is 15.4 Å². The number of carbonyl (C=O) groups excluding carboxylic acids is 2. The van der Waals surface area contributed by atoms with Gasteiger partial charge in [0, 0.05) is 13.1 Å². The molecule has 1 aromatic heterocycles. The molecule has 0 atom stereocenters. The van der Waals surface area contributed by atoms with Crippen molar-refractivity contribution in [2.45, 2.75) is 12.8 Å². The molecule has 3 aliphatic rings. The van der Waals surface area contributed by atoms with Crippen molar-refractivity contribution in [3.05, 3.63) is 41.8 Å². The quantitative estimate of drug-likeness (QED) is 0.852. The van der Waals surface area contributed by atoms with Gasteiger partial charge < -0.3 is 5.32 Å². The second-order valence-electron chi connectivity index (χ2n) is 7.24. The Kier molecular flexibility index (Phi) is 3.88. The Morgan fingerprint density at radius 3 is 2.79 bits per heavy atom. The zero-order chi connectivity index (χ0) is 19.3.